The zero-order valence-electron chi connectivity index (χ0n) is 13.0. The van der Waals surface area contributed by atoms with E-state index < -0.39 is 5.91 Å². The first-order valence-electron chi connectivity index (χ1n) is 7.36. The summed E-state index contributed by atoms with van der Waals surface area (Å²) in [5, 5.41) is 7.40. The van der Waals surface area contributed by atoms with Crippen molar-refractivity contribution in [3.05, 3.63) is 47.0 Å². The van der Waals surface area contributed by atoms with Gasteiger partial charge in [-0.2, -0.15) is 0 Å². The summed E-state index contributed by atoms with van der Waals surface area (Å²) in [6.07, 6.45) is 0.471. The van der Waals surface area contributed by atoms with Gasteiger partial charge in [-0.25, -0.2) is 4.98 Å². The van der Waals surface area contributed by atoms with E-state index in [9.17, 15) is 14.4 Å². The Hall–Kier alpha value is -2.74. The van der Waals surface area contributed by atoms with Crippen molar-refractivity contribution >= 4 is 34.2 Å². The van der Waals surface area contributed by atoms with Crippen molar-refractivity contribution in [1.29, 1.82) is 0 Å². The molecule has 8 heteroatoms. The van der Waals surface area contributed by atoms with Gasteiger partial charge in [0.1, 0.15) is 0 Å². The largest absolute Gasteiger partial charge is 0.369 e. The topological polar surface area (TPSA) is 114 Å². The summed E-state index contributed by atoms with van der Waals surface area (Å²) in [6, 6.07) is 9.38. The van der Waals surface area contributed by atoms with Crippen molar-refractivity contribution in [2.24, 2.45) is 5.73 Å². The second-order valence-corrected chi connectivity index (χ2v) is 5.96. The fourth-order valence-corrected chi connectivity index (χ4v) is 2.69. The average Bonchev–Trinajstić information content (AvgIpc) is 2.94. The van der Waals surface area contributed by atoms with Crippen molar-refractivity contribution in [3.8, 4) is 0 Å². The van der Waals surface area contributed by atoms with Crippen molar-refractivity contribution in [1.82, 2.24) is 10.3 Å². The summed E-state index contributed by atoms with van der Waals surface area (Å²) in [5.74, 6) is -0.860. The molecule has 0 radical (unpaired) electrons. The second kappa shape index (κ2) is 8.78. The number of benzene rings is 1. The summed E-state index contributed by atoms with van der Waals surface area (Å²) in [7, 11) is 0. The number of hydrogen-bond donors (Lipinski definition) is 3. The highest BCUT2D eigenvalue weighted by Crippen LogP contribution is 2.15. The smallest absolute Gasteiger partial charge is 0.227 e. The van der Waals surface area contributed by atoms with E-state index in [-0.39, 0.29) is 37.6 Å². The van der Waals surface area contributed by atoms with E-state index in [2.05, 4.69) is 15.6 Å². The van der Waals surface area contributed by atoms with E-state index in [1.165, 1.54) is 11.3 Å². The monoisotopic (exact) mass is 346 g/mol. The summed E-state index contributed by atoms with van der Waals surface area (Å²) >= 11 is 1.22. The highest BCUT2D eigenvalue weighted by molar-refractivity contribution is 7.13. The molecule has 0 saturated carbocycles. The molecule has 0 atom stereocenters. The van der Waals surface area contributed by atoms with Gasteiger partial charge in [0.2, 0.25) is 17.7 Å². The zero-order valence-corrected chi connectivity index (χ0v) is 13.8. The van der Waals surface area contributed by atoms with Gasteiger partial charge in [0.25, 0.3) is 0 Å². The van der Waals surface area contributed by atoms with E-state index in [0.717, 1.165) is 5.56 Å². The number of hydrogen-bond acceptors (Lipinski definition) is 5. The number of anilines is 1. The van der Waals surface area contributed by atoms with Crippen LogP contribution in [0.2, 0.25) is 0 Å². The molecule has 0 aliphatic heterocycles. The number of carbonyl (C=O) groups excluding carboxylic acids is 3. The predicted octanol–water partition coefficient (Wildman–Crippen LogP) is 0.858. The first kappa shape index (κ1) is 17.6. The Morgan fingerprint density at radius 3 is 2.54 bits per heavy atom. The van der Waals surface area contributed by atoms with Crippen LogP contribution < -0.4 is 16.4 Å². The Morgan fingerprint density at radius 1 is 1.08 bits per heavy atom. The number of carbonyl (C=O) groups is 3. The van der Waals surface area contributed by atoms with Crippen LogP contribution in [0, 0.1) is 0 Å². The van der Waals surface area contributed by atoms with Crippen LogP contribution in [0.5, 0.6) is 0 Å². The summed E-state index contributed by atoms with van der Waals surface area (Å²) in [4.78, 5) is 38.4. The second-order valence-electron chi connectivity index (χ2n) is 5.10. The van der Waals surface area contributed by atoms with Crippen LogP contribution in [0.15, 0.2) is 35.7 Å². The number of nitrogens with one attached hydrogen (secondary N) is 2. The fraction of sp³-hybridized carbons (Fsp3) is 0.250. The lowest BCUT2D eigenvalue weighted by Crippen LogP contribution is -2.28. The number of thiazole rings is 1. The van der Waals surface area contributed by atoms with Crippen LogP contribution in [-0.2, 0) is 27.2 Å². The molecule has 0 aliphatic rings. The number of primary amides is 1. The molecule has 3 amide bonds. The van der Waals surface area contributed by atoms with Gasteiger partial charge >= 0.3 is 0 Å². The van der Waals surface area contributed by atoms with Crippen molar-refractivity contribution in [3.63, 3.8) is 0 Å². The number of nitrogens with two attached hydrogens (primary N) is 1. The maximum atomic E-state index is 11.8. The van der Waals surface area contributed by atoms with Crippen molar-refractivity contribution < 1.29 is 14.4 Å². The maximum Gasteiger partial charge on any atom is 0.227 e. The van der Waals surface area contributed by atoms with Crippen molar-refractivity contribution in [2.45, 2.75) is 19.3 Å². The third-order valence-electron chi connectivity index (χ3n) is 3.04. The molecule has 4 N–H and O–H groups in total. The average molecular weight is 346 g/mol. The zero-order chi connectivity index (χ0) is 17.4. The van der Waals surface area contributed by atoms with Gasteiger partial charge in [-0.05, 0) is 5.56 Å². The standard InChI is InChI=1S/C16H18N4O3S/c17-13(21)9-12-10-24-16(19-12)20-14(22)6-7-18-15(23)8-11-4-2-1-3-5-11/h1-5,10H,6-9H2,(H2,17,21)(H,18,23)(H,19,20,22). The Morgan fingerprint density at radius 2 is 1.83 bits per heavy atom. The first-order valence-corrected chi connectivity index (χ1v) is 8.24. The molecule has 7 nitrogen and oxygen atoms in total. The Bertz CT molecular complexity index is 715. The number of aromatic nitrogens is 1. The normalized spacial score (nSPS) is 10.2. The lowest BCUT2D eigenvalue weighted by Gasteiger charge is -2.05. The van der Waals surface area contributed by atoms with Crippen LogP contribution in [-0.4, -0.2) is 29.3 Å². The van der Waals surface area contributed by atoms with Gasteiger partial charge in [-0.3, -0.25) is 14.4 Å². The number of nitrogens with zero attached hydrogens (tertiary/aromatic N) is 1. The minimum absolute atomic E-state index is 0.0436. The van der Waals surface area contributed by atoms with E-state index in [4.69, 9.17) is 5.73 Å². The van der Waals surface area contributed by atoms with E-state index in [1.54, 1.807) is 5.38 Å². The van der Waals surface area contributed by atoms with E-state index in [1.807, 2.05) is 30.3 Å². The van der Waals surface area contributed by atoms with Gasteiger partial charge in [0, 0.05) is 18.3 Å². The van der Waals surface area contributed by atoms with Gasteiger partial charge in [0.05, 0.1) is 18.5 Å². The van der Waals surface area contributed by atoms with Crippen LogP contribution in [0.1, 0.15) is 17.7 Å². The summed E-state index contributed by atoms with van der Waals surface area (Å²) in [6.45, 7) is 0.247. The summed E-state index contributed by atoms with van der Waals surface area (Å²) in [5.41, 5.74) is 6.53. The molecule has 0 saturated heterocycles. The number of amides is 3. The molecule has 0 aliphatic carbocycles. The molecular weight excluding hydrogens is 328 g/mol. The van der Waals surface area contributed by atoms with Crippen LogP contribution in [0.4, 0.5) is 5.13 Å². The third kappa shape index (κ3) is 6.17. The first-order chi connectivity index (χ1) is 11.5. The van der Waals surface area contributed by atoms with Gasteiger partial charge < -0.3 is 16.4 Å². The molecule has 1 aromatic carbocycles. The van der Waals surface area contributed by atoms with E-state index >= 15 is 0 Å². The Kier molecular flexibility index (Phi) is 6.44. The van der Waals surface area contributed by atoms with E-state index in [0.29, 0.717) is 10.8 Å². The molecule has 2 aromatic rings. The lowest BCUT2D eigenvalue weighted by molar-refractivity contribution is -0.121. The van der Waals surface area contributed by atoms with Crippen molar-refractivity contribution in [2.75, 3.05) is 11.9 Å². The minimum Gasteiger partial charge on any atom is -0.369 e. The molecule has 126 valence electrons. The molecule has 1 heterocycles. The number of rotatable bonds is 8. The molecule has 24 heavy (non-hydrogen) atoms. The third-order valence-corrected chi connectivity index (χ3v) is 3.84. The summed E-state index contributed by atoms with van der Waals surface area (Å²) < 4.78 is 0. The maximum absolute atomic E-state index is 11.8. The molecule has 0 unspecified atom stereocenters. The van der Waals surface area contributed by atoms with Gasteiger partial charge in [0.15, 0.2) is 5.13 Å². The lowest BCUT2D eigenvalue weighted by atomic mass is 10.1. The minimum atomic E-state index is -0.473. The quantitative estimate of drug-likeness (QED) is 0.657. The predicted molar refractivity (Wildman–Crippen MR) is 91.4 cm³/mol. The van der Waals surface area contributed by atoms with Crippen LogP contribution >= 0.6 is 11.3 Å². The molecule has 0 spiro atoms. The highest BCUT2D eigenvalue weighted by Gasteiger charge is 2.09. The molecule has 1 aromatic heterocycles. The van der Waals surface area contributed by atoms with Gasteiger partial charge in [-0.15, -0.1) is 11.3 Å². The Labute approximate surface area is 143 Å². The molecular formula is C16H18N4O3S. The fourth-order valence-electron chi connectivity index (χ4n) is 1.97. The van der Waals surface area contributed by atoms with Gasteiger partial charge in [-0.1, -0.05) is 30.3 Å². The van der Waals surface area contributed by atoms with Crippen LogP contribution in [0.3, 0.4) is 0 Å². The highest BCUT2D eigenvalue weighted by atomic mass is 32.1. The Balaban J connectivity index is 1.68. The molecule has 0 fully saturated rings. The van der Waals surface area contributed by atoms with Crippen LogP contribution in [0.25, 0.3) is 0 Å². The molecule has 0 bridgehead atoms. The molecule has 2 rings (SSSR count). The SMILES string of the molecule is NC(=O)Cc1csc(NC(=O)CCNC(=O)Cc2ccccc2)n1.